The molecule has 1 aromatic rings. The van der Waals surface area contributed by atoms with Crippen LogP contribution in [0.2, 0.25) is 0 Å². The SMILES string of the molecule is CCOC(=O)N1[C@@H](c2ccco2)[C@@H](CO)C[C@]12CCCCNC2=O. The van der Waals surface area contributed by atoms with E-state index in [9.17, 15) is 14.7 Å². The summed E-state index contributed by atoms with van der Waals surface area (Å²) in [7, 11) is 0. The Hall–Kier alpha value is -2.02. The lowest BCUT2D eigenvalue weighted by molar-refractivity contribution is -0.131. The molecule has 3 rings (SSSR count). The second kappa shape index (κ2) is 6.84. The van der Waals surface area contributed by atoms with Crippen LogP contribution in [-0.4, -0.2) is 47.3 Å². The molecule has 0 aromatic carbocycles. The molecular weight excluding hydrogens is 312 g/mol. The molecule has 132 valence electrons. The van der Waals surface area contributed by atoms with Crippen molar-refractivity contribution in [1.29, 1.82) is 0 Å². The molecule has 1 aromatic heterocycles. The Morgan fingerprint density at radius 2 is 2.38 bits per heavy atom. The summed E-state index contributed by atoms with van der Waals surface area (Å²) in [5.41, 5.74) is -0.992. The van der Waals surface area contributed by atoms with Gasteiger partial charge in [-0.05, 0) is 44.7 Å². The summed E-state index contributed by atoms with van der Waals surface area (Å²) in [6.07, 6.45) is 3.67. The molecule has 2 amide bonds. The molecule has 3 atom stereocenters. The van der Waals surface area contributed by atoms with Crippen molar-refractivity contribution in [2.45, 2.75) is 44.2 Å². The summed E-state index contributed by atoms with van der Waals surface area (Å²) < 4.78 is 10.8. The summed E-state index contributed by atoms with van der Waals surface area (Å²) in [6, 6.07) is 3.01. The van der Waals surface area contributed by atoms with Crippen LogP contribution in [0.15, 0.2) is 22.8 Å². The number of rotatable bonds is 3. The van der Waals surface area contributed by atoms with Gasteiger partial charge in [-0.1, -0.05) is 0 Å². The second-order valence-corrected chi connectivity index (χ2v) is 6.42. The summed E-state index contributed by atoms with van der Waals surface area (Å²) in [4.78, 5) is 27.1. The molecule has 7 heteroatoms. The van der Waals surface area contributed by atoms with E-state index in [1.165, 1.54) is 11.2 Å². The number of hydrogen-bond donors (Lipinski definition) is 2. The molecule has 7 nitrogen and oxygen atoms in total. The van der Waals surface area contributed by atoms with Crippen LogP contribution in [0.5, 0.6) is 0 Å². The average molecular weight is 336 g/mol. The molecule has 2 N–H and O–H groups in total. The molecule has 24 heavy (non-hydrogen) atoms. The first-order chi connectivity index (χ1) is 11.6. The third kappa shape index (κ3) is 2.66. The number of furan rings is 1. The minimum absolute atomic E-state index is 0.129. The van der Waals surface area contributed by atoms with Crippen molar-refractivity contribution in [3.8, 4) is 0 Å². The number of nitrogens with one attached hydrogen (secondary N) is 1. The number of ether oxygens (including phenoxy) is 1. The van der Waals surface area contributed by atoms with E-state index in [1.807, 2.05) is 0 Å². The van der Waals surface area contributed by atoms with Crippen LogP contribution in [0, 0.1) is 5.92 Å². The number of aliphatic hydroxyl groups is 1. The van der Waals surface area contributed by atoms with E-state index in [1.54, 1.807) is 19.1 Å². The van der Waals surface area contributed by atoms with Crippen LogP contribution in [0.25, 0.3) is 0 Å². The van der Waals surface area contributed by atoms with Crippen molar-refractivity contribution < 1.29 is 23.8 Å². The van der Waals surface area contributed by atoms with E-state index in [-0.39, 0.29) is 25.0 Å². The largest absolute Gasteiger partial charge is 0.467 e. The zero-order valence-electron chi connectivity index (χ0n) is 13.9. The van der Waals surface area contributed by atoms with Crippen LogP contribution in [0.1, 0.15) is 44.4 Å². The minimum Gasteiger partial charge on any atom is -0.467 e. The third-order valence-corrected chi connectivity index (χ3v) is 5.04. The Kier molecular flexibility index (Phi) is 4.80. The smallest absolute Gasteiger partial charge is 0.411 e. The fraction of sp³-hybridized carbons (Fsp3) is 0.647. The molecule has 0 unspecified atom stereocenters. The molecule has 3 heterocycles. The summed E-state index contributed by atoms with van der Waals surface area (Å²) in [6.45, 7) is 2.43. The Morgan fingerprint density at radius 1 is 1.54 bits per heavy atom. The first-order valence-electron chi connectivity index (χ1n) is 8.52. The van der Waals surface area contributed by atoms with E-state index in [0.717, 1.165) is 12.8 Å². The first-order valence-corrected chi connectivity index (χ1v) is 8.52. The van der Waals surface area contributed by atoms with Gasteiger partial charge < -0.3 is 19.6 Å². The van der Waals surface area contributed by atoms with Gasteiger partial charge in [-0.3, -0.25) is 9.69 Å². The van der Waals surface area contributed by atoms with Gasteiger partial charge in [0, 0.05) is 19.1 Å². The molecule has 0 radical (unpaired) electrons. The van der Waals surface area contributed by atoms with E-state index in [2.05, 4.69) is 5.32 Å². The van der Waals surface area contributed by atoms with E-state index >= 15 is 0 Å². The molecule has 2 saturated heterocycles. The standard InChI is InChI=1S/C17H24N2O5/c1-2-23-16(22)19-14(13-6-5-9-24-13)12(11-20)10-17(19)7-3-4-8-18-15(17)21/h5-6,9,12,14,20H,2-4,7-8,10-11H2,1H3,(H,18,21)/t12-,14-,17+/m1/s1. The van der Waals surface area contributed by atoms with Crippen molar-refractivity contribution in [2.75, 3.05) is 19.8 Å². The van der Waals surface area contributed by atoms with Crippen LogP contribution >= 0.6 is 0 Å². The highest BCUT2D eigenvalue weighted by atomic mass is 16.6. The monoisotopic (exact) mass is 336 g/mol. The minimum atomic E-state index is -0.992. The molecule has 2 aliphatic heterocycles. The molecule has 2 fully saturated rings. The topological polar surface area (TPSA) is 92.0 Å². The Bertz CT molecular complexity index is 588. The zero-order valence-corrected chi connectivity index (χ0v) is 13.9. The van der Waals surface area contributed by atoms with Gasteiger partial charge in [-0.25, -0.2) is 4.79 Å². The first kappa shape index (κ1) is 16.8. The normalized spacial score (nSPS) is 30.2. The molecule has 2 aliphatic rings. The molecule has 0 aliphatic carbocycles. The maximum atomic E-state index is 12.9. The van der Waals surface area contributed by atoms with Crippen LogP contribution in [-0.2, 0) is 9.53 Å². The van der Waals surface area contributed by atoms with Crippen molar-refractivity contribution in [3.63, 3.8) is 0 Å². The van der Waals surface area contributed by atoms with Crippen molar-refractivity contribution in [3.05, 3.63) is 24.2 Å². The van der Waals surface area contributed by atoms with E-state index in [4.69, 9.17) is 9.15 Å². The summed E-state index contributed by atoms with van der Waals surface area (Å²) >= 11 is 0. The predicted octanol–water partition coefficient (Wildman–Crippen LogP) is 1.83. The van der Waals surface area contributed by atoms with Gasteiger partial charge in [0.1, 0.15) is 11.3 Å². The number of hydrogen-bond acceptors (Lipinski definition) is 5. The zero-order chi connectivity index (χ0) is 17.2. The van der Waals surface area contributed by atoms with Crippen molar-refractivity contribution >= 4 is 12.0 Å². The number of nitrogens with zero attached hydrogens (tertiary/aromatic N) is 1. The van der Waals surface area contributed by atoms with Gasteiger partial charge in [-0.15, -0.1) is 0 Å². The number of carbonyl (C=O) groups excluding carboxylic acids is 2. The van der Waals surface area contributed by atoms with Crippen LogP contribution < -0.4 is 5.32 Å². The van der Waals surface area contributed by atoms with Gasteiger partial charge in [0.05, 0.1) is 18.9 Å². The van der Waals surface area contributed by atoms with Crippen LogP contribution in [0.4, 0.5) is 4.79 Å². The number of carbonyl (C=O) groups is 2. The summed E-state index contributed by atoms with van der Waals surface area (Å²) in [5.74, 6) is 0.126. The third-order valence-electron chi connectivity index (χ3n) is 5.04. The highest BCUT2D eigenvalue weighted by molar-refractivity contribution is 5.91. The van der Waals surface area contributed by atoms with Gasteiger partial charge in [0.15, 0.2) is 0 Å². The number of aliphatic hydroxyl groups excluding tert-OH is 1. The quantitative estimate of drug-likeness (QED) is 0.878. The maximum Gasteiger partial charge on any atom is 0.411 e. The van der Waals surface area contributed by atoms with Gasteiger partial charge in [-0.2, -0.15) is 0 Å². The lowest BCUT2D eigenvalue weighted by Gasteiger charge is -2.37. The van der Waals surface area contributed by atoms with Gasteiger partial charge in [0.2, 0.25) is 5.91 Å². The van der Waals surface area contributed by atoms with E-state index < -0.39 is 17.7 Å². The molecule has 0 bridgehead atoms. The van der Waals surface area contributed by atoms with E-state index in [0.29, 0.717) is 25.1 Å². The van der Waals surface area contributed by atoms with Gasteiger partial charge in [0.25, 0.3) is 0 Å². The molecule has 0 saturated carbocycles. The highest BCUT2D eigenvalue weighted by Crippen LogP contribution is 2.50. The molecular formula is C17H24N2O5. The molecule has 1 spiro atoms. The fourth-order valence-corrected chi connectivity index (χ4v) is 4.03. The highest BCUT2D eigenvalue weighted by Gasteiger charge is 2.59. The van der Waals surface area contributed by atoms with Gasteiger partial charge >= 0.3 is 6.09 Å². The lowest BCUT2D eigenvalue weighted by atomic mass is 9.86. The predicted molar refractivity (Wildman–Crippen MR) is 85.1 cm³/mol. The lowest BCUT2D eigenvalue weighted by Crippen LogP contribution is -2.57. The van der Waals surface area contributed by atoms with Crippen molar-refractivity contribution in [2.24, 2.45) is 5.92 Å². The second-order valence-electron chi connectivity index (χ2n) is 6.42. The fourth-order valence-electron chi connectivity index (χ4n) is 4.03. The average Bonchev–Trinajstić information content (AvgIpc) is 3.15. The Balaban J connectivity index is 2.07. The number of likely N-dealkylation sites (tertiary alicyclic amines) is 1. The maximum absolute atomic E-state index is 12.9. The van der Waals surface area contributed by atoms with Crippen molar-refractivity contribution in [1.82, 2.24) is 10.2 Å². The Morgan fingerprint density at radius 3 is 3.04 bits per heavy atom. The Labute approximate surface area is 140 Å². The number of amides is 2. The summed E-state index contributed by atoms with van der Waals surface area (Å²) in [5, 5.41) is 12.8. The van der Waals surface area contributed by atoms with Crippen LogP contribution in [0.3, 0.4) is 0 Å².